The van der Waals surface area contributed by atoms with Crippen molar-refractivity contribution in [1.29, 1.82) is 0 Å². The maximum atomic E-state index is 2.90. The molecule has 8 aliphatic carbocycles. The molecular weight excluding hydrogens is 288 g/mol. The van der Waals surface area contributed by atoms with E-state index in [1.807, 2.05) is 0 Å². The predicted molar refractivity (Wildman–Crippen MR) is 95.0 cm³/mol. The van der Waals surface area contributed by atoms with E-state index in [2.05, 4.69) is 41.5 Å². The first kappa shape index (κ1) is 13.2. The van der Waals surface area contributed by atoms with Crippen molar-refractivity contribution in [3.8, 4) is 0 Å². The van der Waals surface area contributed by atoms with Crippen molar-refractivity contribution in [1.82, 2.24) is 0 Å². The third kappa shape index (κ3) is 0.602. The van der Waals surface area contributed by atoms with Gasteiger partial charge in [-0.15, -0.1) is 0 Å². The van der Waals surface area contributed by atoms with E-state index in [-0.39, 0.29) is 0 Å². The first-order valence-electron chi connectivity index (χ1n) is 11.2. The minimum Gasteiger partial charge on any atom is -0.0617 e. The molecule has 0 aliphatic heterocycles. The summed E-state index contributed by atoms with van der Waals surface area (Å²) in [6, 6.07) is 0. The molecule has 8 saturated carbocycles. The molecule has 2 spiro atoms. The molecule has 130 valence electrons. The molecule has 10 bridgehead atoms. The van der Waals surface area contributed by atoms with Gasteiger partial charge in [-0.2, -0.15) is 0 Å². The largest absolute Gasteiger partial charge is 0.0617 e. The summed E-state index contributed by atoms with van der Waals surface area (Å²) in [7, 11) is 0. The first-order chi connectivity index (χ1) is 11.2. The van der Waals surface area contributed by atoms with Crippen LogP contribution in [0.1, 0.15) is 67.2 Å². The highest BCUT2D eigenvalue weighted by molar-refractivity contribution is 5.51. The Kier molecular flexibility index (Phi) is 1.50. The molecule has 0 amide bonds. The van der Waals surface area contributed by atoms with Crippen LogP contribution in [0.5, 0.6) is 0 Å². The molecule has 24 heavy (non-hydrogen) atoms. The summed E-state index contributed by atoms with van der Waals surface area (Å²) in [5.41, 5.74) is 4.12. The van der Waals surface area contributed by atoms with Crippen molar-refractivity contribution in [2.75, 3.05) is 0 Å². The third-order valence-corrected chi connectivity index (χ3v) is 15.2. The molecule has 0 radical (unpaired) electrons. The van der Waals surface area contributed by atoms with Crippen LogP contribution in [0.15, 0.2) is 0 Å². The Balaban J connectivity index is 1.69. The van der Waals surface area contributed by atoms with Gasteiger partial charge in [-0.05, 0) is 106 Å². The minimum absolute atomic E-state index is 0.609. The van der Waals surface area contributed by atoms with Crippen LogP contribution >= 0.6 is 0 Å². The molecule has 0 aromatic carbocycles. The second-order valence-electron chi connectivity index (χ2n) is 13.0. The van der Waals surface area contributed by atoms with Crippen molar-refractivity contribution < 1.29 is 0 Å². The van der Waals surface area contributed by atoms with E-state index in [0.717, 1.165) is 58.2 Å². The lowest BCUT2D eigenvalue weighted by Crippen LogP contribution is -2.66. The highest BCUT2D eigenvalue weighted by Gasteiger charge is 3.04. The Bertz CT molecular complexity index is 768. The van der Waals surface area contributed by atoms with Gasteiger partial charge in [0.15, 0.2) is 0 Å². The van der Waals surface area contributed by atoms with Crippen LogP contribution in [-0.4, -0.2) is 0 Å². The predicted octanol–water partition coefficient (Wildman–Crippen LogP) is 5.62. The van der Waals surface area contributed by atoms with Gasteiger partial charge in [0.2, 0.25) is 0 Å². The Labute approximate surface area is 147 Å². The number of hydrogen-bond acceptors (Lipinski definition) is 0. The smallest absolute Gasteiger partial charge is 0.0106 e. The Morgan fingerprint density at radius 3 is 2.21 bits per heavy atom. The summed E-state index contributed by atoms with van der Waals surface area (Å²) >= 11 is 0. The third-order valence-electron chi connectivity index (χ3n) is 15.2. The van der Waals surface area contributed by atoms with E-state index in [4.69, 9.17) is 0 Å². The Morgan fingerprint density at radius 2 is 1.46 bits per heavy atom. The van der Waals surface area contributed by atoms with Crippen LogP contribution < -0.4 is 0 Å². The molecular formula is C24H34. The molecule has 0 heteroatoms. The van der Waals surface area contributed by atoms with Gasteiger partial charge in [0, 0.05) is 0 Å². The summed E-state index contributed by atoms with van der Waals surface area (Å²) < 4.78 is 0. The first-order valence-corrected chi connectivity index (χ1v) is 11.2. The van der Waals surface area contributed by atoms with Crippen LogP contribution in [0.25, 0.3) is 0 Å². The minimum atomic E-state index is 0.609. The maximum Gasteiger partial charge on any atom is -0.0106 e. The fraction of sp³-hybridized carbons (Fsp3) is 1.00. The molecule has 14 atom stereocenters. The monoisotopic (exact) mass is 322 g/mol. The van der Waals surface area contributed by atoms with Crippen LogP contribution in [0, 0.1) is 79.8 Å². The number of hydrogen-bond donors (Lipinski definition) is 0. The van der Waals surface area contributed by atoms with Gasteiger partial charge >= 0.3 is 0 Å². The highest BCUT2D eigenvalue weighted by atomic mass is 15.1. The number of fused-ring (bicyclic) bond motifs is 2. The van der Waals surface area contributed by atoms with Crippen LogP contribution in [-0.2, 0) is 0 Å². The van der Waals surface area contributed by atoms with Crippen molar-refractivity contribution in [2.24, 2.45) is 79.8 Å². The summed E-state index contributed by atoms with van der Waals surface area (Å²) in [6.07, 6.45) is 6.58. The fourth-order valence-electron chi connectivity index (χ4n) is 15.2. The van der Waals surface area contributed by atoms with E-state index < -0.39 is 0 Å². The van der Waals surface area contributed by atoms with Crippen molar-refractivity contribution >= 4 is 0 Å². The zero-order valence-corrected chi connectivity index (χ0v) is 16.4. The molecule has 0 aromatic rings. The van der Waals surface area contributed by atoms with E-state index in [1.165, 1.54) is 0 Å². The maximum absolute atomic E-state index is 2.90. The molecule has 8 fully saturated rings. The van der Waals surface area contributed by atoms with Gasteiger partial charge in [-0.25, -0.2) is 0 Å². The van der Waals surface area contributed by atoms with Gasteiger partial charge in [0.1, 0.15) is 0 Å². The molecule has 0 aromatic heterocycles. The van der Waals surface area contributed by atoms with Gasteiger partial charge in [0.25, 0.3) is 0 Å². The SMILES string of the molecule is CC1C2CC3(C)C4CC25C2CC6C7C(C)C3(C)C(C)(C16C)C75C4C2. The zero-order chi connectivity index (χ0) is 16.4. The van der Waals surface area contributed by atoms with Gasteiger partial charge in [0.05, 0.1) is 0 Å². The lowest BCUT2D eigenvalue weighted by Gasteiger charge is -2.70. The molecule has 14 unspecified atom stereocenters. The lowest BCUT2D eigenvalue weighted by atomic mass is 9.33. The second kappa shape index (κ2) is 2.72. The van der Waals surface area contributed by atoms with Gasteiger partial charge in [-0.1, -0.05) is 41.5 Å². The van der Waals surface area contributed by atoms with Crippen molar-refractivity contribution in [3.63, 3.8) is 0 Å². The summed E-state index contributed by atoms with van der Waals surface area (Å²) in [5, 5.41) is 0. The Hall–Kier alpha value is 0. The molecule has 0 heterocycles. The molecule has 0 saturated heterocycles. The van der Waals surface area contributed by atoms with Gasteiger partial charge < -0.3 is 0 Å². The lowest BCUT2D eigenvalue weighted by molar-refractivity contribution is -0.236. The normalized spacial score (nSPS) is 88.8. The van der Waals surface area contributed by atoms with Crippen molar-refractivity contribution in [2.45, 2.75) is 67.2 Å². The zero-order valence-electron chi connectivity index (χ0n) is 16.4. The van der Waals surface area contributed by atoms with Crippen LogP contribution in [0.3, 0.4) is 0 Å². The number of rotatable bonds is 0. The summed E-state index contributed by atoms with van der Waals surface area (Å²) in [6.45, 7) is 16.9. The van der Waals surface area contributed by atoms with E-state index in [9.17, 15) is 0 Å². The van der Waals surface area contributed by atoms with E-state index in [0.29, 0.717) is 21.7 Å². The molecule has 8 rings (SSSR count). The molecule has 8 aliphatic rings. The topological polar surface area (TPSA) is 0 Å². The molecule has 0 nitrogen and oxygen atoms in total. The average Bonchev–Trinajstić information content (AvgIpc) is 2.94. The van der Waals surface area contributed by atoms with Gasteiger partial charge in [-0.3, -0.25) is 0 Å². The standard InChI is InChI=1S/C24H34/c1-11-16-9-19(3)17-10-23(16)13-7-14(17)24(23)18-12(2)21(19,5)22(24,6)20(11,4)15(18)8-13/h11-18H,7-10H2,1-6H3. The second-order valence-corrected chi connectivity index (χ2v) is 13.0. The quantitative estimate of drug-likeness (QED) is 0.543. The fourth-order valence-corrected chi connectivity index (χ4v) is 15.2. The van der Waals surface area contributed by atoms with Crippen LogP contribution in [0.2, 0.25) is 0 Å². The van der Waals surface area contributed by atoms with Crippen molar-refractivity contribution in [3.05, 3.63) is 0 Å². The molecule has 0 N–H and O–H groups in total. The summed E-state index contributed by atoms with van der Waals surface area (Å²) in [4.78, 5) is 0. The van der Waals surface area contributed by atoms with E-state index in [1.54, 1.807) is 25.7 Å². The Morgan fingerprint density at radius 1 is 0.750 bits per heavy atom. The summed E-state index contributed by atoms with van der Waals surface area (Å²) in [5.74, 6) is 8.59. The van der Waals surface area contributed by atoms with E-state index >= 15 is 0 Å². The van der Waals surface area contributed by atoms with Crippen LogP contribution in [0.4, 0.5) is 0 Å². The highest BCUT2D eigenvalue weighted by Crippen LogP contribution is 3.09. The average molecular weight is 323 g/mol.